The fraction of sp³-hybridized carbons (Fsp3) is 0.174. The highest BCUT2D eigenvalue weighted by Crippen LogP contribution is 2.48. The molecule has 0 spiro atoms. The zero-order chi connectivity index (χ0) is 22.4. The van der Waals surface area contributed by atoms with Crippen LogP contribution in [0.2, 0.25) is 10.0 Å². The van der Waals surface area contributed by atoms with Gasteiger partial charge >= 0.3 is 0 Å². The molecule has 32 heavy (non-hydrogen) atoms. The van der Waals surface area contributed by atoms with Gasteiger partial charge in [-0.1, -0.05) is 29.3 Å². The first kappa shape index (κ1) is 20.6. The van der Waals surface area contributed by atoms with E-state index in [2.05, 4.69) is 0 Å². The summed E-state index contributed by atoms with van der Waals surface area (Å²) in [6.45, 7) is 0. The lowest BCUT2D eigenvalue weighted by atomic mass is 9.96. The minimum Gasteiger partial charge on any atom is -0.497 e. The van der Waals surface area contributed by atoms with Gasteiger partial charge in [0.05, 0.1) is 23.8 Å². The lowest BCUT2D eigenvalue weighted by Gasteiger charge is -2.38. The quantitative estimate of drug-likeness (QED) is 0.338. The molecule has 2 aliphatic heterocycles. The number of hydrogen-bond donors (Lipinski definition) is 0. The monoisotopic (exact) mass is 469 g/mol. The molecule has 0 aliphatic carbocycles. The Morgan fingerprint density at radius 3 is 2.62 bits per heavy atom. The third-order valence-corrected chi connectivity index (χ3v) is 6.18. The van der Waals surface area contributed by atoms with Gasteiger partial charge in [-0.15, -0.1) is 0 Å². The molecule has 162 valence electrons. The third-order valence-electron chi connectivity index (χ3n) is 5.63. The molecule has 0 saturated heterocycles. The summed E-state index contributed by atoms with van der Waals surface area (Å²) in [7, 11) is 1.62. The summed E-state index contributed by atoms with van der Waals surface area (Å²) in [6.07, 6.45) is -0.0183. The average Bonchev–Trinajstić information content (AvgIpc) is 3.25. The Hall–Kier alpha value is -3.29. The molecule has 3 aromatic carbocycles. The Balaban J connectivity index is 1.59. The molecule has 0 unspecified atom stereocenters. The Bertz CT molecular complexity index is 1250. The van der Waals surface area contributed by atoms with Gasteiger partial charge in [0.15, 0.2) is 0 Å². The van der Waals surface area contributed by atoms with Crippen molar-refractivity contribution in [3.8, 4) is 11.5 Å². The van der Waals surface area contributed by atoms with E-state index >= 15 is 0 Å². The van der Waals surface area contributed by atoms with Crippen LogP contribution in [-0.4, -0.2) is 22.8 Å². The lowest BCUT2D eigenvalue weighted by molar-refractivity contribution is -0.384. The van der Waals surface area contributed by atoms with Crippen LogP contribution in [0.1, 0.15) is 35.4 Å². The number of fused-ring (bicyclic) bond motifs is 3. The molecule has 5 rings (SSSR count). The van der Waals surface area contributed by atoms with Crippen molar-refractivity contribution in [2.45, 2.75) is 18.7 Å². The summed E-state index contributed by atoms with van der Waals surface area (Å²) in [4.78, 5) is 10.9. The van der Waals surface area contributed by atoms with Gasteiger partial charge in [-0.25, -0.2) is 5.01 Å². The van der Waals surface area contributed by atoms with E-state index in [4.69, 9.17) is 37.8 Å². The van der Waals surface area contributed by atoms with E-state index in [9.17, 15) is 10.1 Å². The standard InChI is InChI=1S/C23H17Cl2N3O4/c1-31-16-6-2-13(3-7-16)19-12-20-17-11-15(24)5-9-22(17)32-23(27(20)26-19)14-4-8-18(25)21(10-14)28(29)30/h2-11,20,23H,12H2,1H3/t20-,23-/m0/s1. The van der Waals surface area contributed by atoms with Gasteiger partial charge in [-0.3, -0.25) is 10.1 Å². The van der Waals surface area contributed by atoms with E-state index in [-0.39, 0.29) is 16.8 Å². The first-order chi connectivity index (χ1) is 15.4. The van der Waals surface area contributed by atoms with Crippen LogP contribution in [0.4, 0.5) is 5.69 Å². The Morgan fingerprint density at radius 1 is 1.12 bits per heavy atom. The number of nitrogens with zero attached hydrogens (tertiary/aromatic N) is 3. The molecule has 0 saturated carbocycles. The number of halogens is 2. The molecular formula is C23H17Cl2N3O4. The third kappa shape index (κ3) is 3.53. The summed E-state index contributed by atoms with van der Waals surface area (Å²) in [5.41, 5.74) is 3.17. The van der Waals surface area contributed by atoms with Crippen LogP contribution in [0.15, 0.2) is 65.8 Å². The summed E-state index contributed by atoms with van der Waals surface area (Å²) in [5.74, 6) is 1.43. The van der Waals surface area contributed by atoms with E-state index in [1.807, 2.05) is 41.4 Å². The van der Waals surface area contributed by atoms with Crippen LogP contribution in [0.25, 0.3) is 0 Å². The highest BCUT2D eigenvalue weighted by atomic mass is 35.5. The van der Waals surface area contributed by atoms with E-state index in [1.165, 1.54) is 12.1 Å². The van der Waals surface area contributed by atoms with Gasteiger partial charge in [0.2, 0.25) is 6.23 Å². The molecule has 0 N–H and O–H groups in total. The van der Waals surface area contributed by atoms with Crippen molar-refractivity contribution in [2.24, 2.45) is 5.10 Å². The topological polar surface area (TPSA) is 77.2 Å². The van der Waals surface area contributed by atoms with Crippen LogP contribution < -0.4 is 9.47 Å². The average molecular weight is 470 g/mol. The van der Waals surface area contributed by atoms with Crippen LogP contribution >= 0.6 is 23.2 Å². The Kier molecular flexibility index (Phi) is 5.15. The molecule has 0 bridgehead atoms. The predicted molar refractivity (Wildman–Crippen MR) is 122 cm³/mol. The molecule has 9 heteroatoms. The van der Waals surface area contributed by atoms with Gasteiger partial charge in [0.25, 0.3) is 5.69 Å². The van der Waals surface area contributed by atoms with Crippen molar-refractivity contribution in [3.63, 3.8) is 0 Å². The Labute approximate surface area is 193 Å². The number of benzene rings is 3. The van der Waals surface area contributed by atoms with Crippen molar-refractivity contribution < 1.29 is 14.4 Å². The Morgan fingerprint density at radius 2 is 1.91 bits per heavy atom. The molecule has 0 amide bonds. The van der Waals surface area contributed by atoms with Gasteiger partial charge in [0, 0.05) is 28.6 Å². The summed E-state index contributed by atoms with van der Waals surface area (Å²) in [6, 6.07) is 17.7. The molecule has 2 aliphatic rings. The summed E-state index contributed by atoms with van der Waals surface area (Å²) >= 11 is 12.3. The van der Waals surface area contributed by atoms with Crippen molar-refractivity contribution in [1.82, 2.24) is 5.01 Å². The first-order valence-corrected chi connectivity index (χ1v) is 10.6. The largest absolute Gasteiger partial charge is 0.497 e. The van der Waals surface area contributed by atoms with Crippen LogP contribution in [0.3, 0.4) is 0 Å². The minimum atomic E-state index is -0.652. The summed E-state index contributed by atoms with van der Waals surface area (Å²) < 4.78 is 11.5. The minimum absolute atomic E-state index is 0.0714. The molecule has 2 heterocycles. The number of ether oxygens (including phenoxy) is 2. The first-order valence-electron chi connectivity index (χ1n) is 9.85. The zero-order valence-corrected chi connectivity index (χ0v) is 18.4. The van der Waals surface area contributed by atoms with Gasteiger partial charge in [-0.05, 0) is 54.1 Å². The molecule has 3 aromatic rings. The predicted octanol–water partition coefficient (Wildman–Crippen LogP) is 6.15. The second kappa shape index (κ2) is 8.00. The highest BCUT2D eigenvalue weighted by molar-refractivity contribution is 6.32. The van der Waals surface area contributed by atoms with Gasteiger partial charge in [0.1, 0.15) is 16.5 Å². The maximum absolute atomic E-state index is 11.4. The van der Waals surface area contributed by atoms with Crippen molar-refractivity contribution >= 4 is 34.6 Å². The SMILES string of the molecule is COc1ccc(C2=NN3[C@@H](C2)c2cc(Cl)ccc2O[C@H]3c2ccc(Cl)c([N+](=O)[O-])c2)cc1. The van der Waals surface area contributed by atoms with Crippen molar-refractivity contribution in [3.05, 3.63) is 97.5 Å². The van der Waals surface area contributed by atoms with E-state index < -0.39 is 11.2 Å². The number of methoxy groups -OCH3 is 1. The number of rotatable bonds is 4. The fourth-order valence-electron chi connectivity index (χ4n) is 4.06. The number of hydrogen-bond acceptors (Lipinski definition) is 6. The van der Waals surface area contributed by atoms with Gasteiger partial charge < -0.3 is 9.47 Å². The molecule has 0 fully saturated rings. The molecule has 0 radical (unpaired) electrons. The van der Waals surface area contributed by atoms with E-state index in [1.54, 1.807) is 19.2 Å². The zero-order valence-electron chi connectivity index (χ0n) is 16.9. The smallest absolute Gasteiger partial charge is 0.288 e. The molecular weight excluding hydrogens is 453 g/mol. The molecule has 0 aromatic heterocycles. The van der Waals surface area contributed by atoms with Gasteiger partial charge in [-0.2, -0.15) is 5.10 Å². The highest BCUT2D eigenvalue weighted by Gasteiger charge is 2.41. The number of nitro groups is 1. The van der Waals surface area contributed by atoms with Crippen molar-refractivity contribution in [1.29, 1.82) is 0 Å². The second-order valence-corrected chi connectivity index (χ2v) is 8.34. The maximum atomic E-state index is 11.4. The molecule has 7 nitrogen and oxygen atoms in total. The van der Waals surface area contributed by atoms with E-state index in [0.717, 1.165) is 22.6 Å². The number of hydrazone groups is 1. The van der Waals surface area contributed by atoms with Crippen molar-refractivity contribution in [2.75, 3.05) is 7.11 Å². The lowest BCUT2D eigenvalue weighted by Crippen LogP contribution is -2.33. The van der Waals surface area contributed by atoms with E-state index in [0.29, 0.717) is 22.8 Å². The maximum Gasteiger partial charge on any atom is 0.288 e. The normalized spacial score (nSPS) is 19.0. The van der Waals surface area contributed by atoms with Crippen LogP contribution in [-0.2, 0) is 0 Å². The summed E-state index contributed by atoms with van der Waals surface area (Å²) in [5, 5.41) is 18.8. The fourth-order valence-corrected chi connectivity index (χ4v) is 4.43. The number of nitro benzene ring substituents is 1. The van der Waals surface area contributed by atoms with Crippen LogP contribution in [0.5, 0.6) is 11.5 Å². The second-order valence-electron chi connectivity index (χ2n) is 7.50. The molecule has 2 atom stereocenters. The van der Waals surface area contributed by atoms with Crippen LogP contribution in [0, 0.1) is 10.1 Å².